The number of hydrogen-bond donors (Lipinski definition) is 1. The topological polar surface area (TPSA) is 31.7 Å². The van der Waals surface area contributed by atoms with Crippen molar-refractivity contribution in [1.29, 1.82) is 0 Å². The Labute approximate surface area is 110 Å². The summed E-state index contributed by atoms with van der Waals surface area (Å²) in [6.45, 7) is 7.61. The Morgan fingerprint density at radius 1 is 1.44 bits per heavy atom. The first-order chi connectivity index (χ1) is 8.69. The minimum atomic E-state index is 0.593. The molecule has 0 bridgehead atoms. The van der Waals surface area contributed by atoms with E-state index in [1.54, 1.807) is 0 Å². The molecule has 1 unspecified atom stereocenters. The van der Waals surface area contributed by atoms with Crippen molar-refractivity contribution in [1.82, 2.24) is 15.1 Å². The Bertz CT molecular complexity index is 364. The Morgan fingerprint density at radius 3 is 3.06 bits per heavy atom. The normalized spacial score (nSPS) is 23.2. The number of nitrogens with one attached hydrogen (secondary N) is 1. The average molecular weight is 251 g/mol. The third-order valence-electron chi connectivity index (χ3n) is 3.63. The van der Waals surface area contributed by atoms with Gasteiger partial charge in [0.1, 0.15) is 5.76 Å². The second-order valence-electron chi connectivity index (χ2n) is 5.39. The first-order valence-corrected chi connectivity index (χ1v) is 6.82. The van der Waals surface area contributed by atoms with Crippen LogP contribution in [0.25, 0.3) is 0 Å². The van der Waals surface area contributed by atoms with Crippen LogP contribution in [0.5, 0.6) is 0 Å². The van der Waals surface area contributed by atoms with E-state index in [9.17, 15) is 0 Å². The van der Waals surface area contributed by atoms with Crippen molar-refractivity contribution in [3.63, 3.8) is 0 Å². The van der Waals surface area contributed by atoms with E-state index >= 15 is 0 Å². The largest absolute Gasteiger partial charge is 0.468 e. The van der Waals surface area contributed by atoms with Gasteiger partial charge >= 0.3 is 0 Å². The fourth-order valence-corrected chi connectivity index (χ4v) is 2.66. The lowest BCUT2D eigenvalue weighted by molar-refractivity contribution is 0.181. The van der Waals surface area contributed by atoms with Gasteiger partial charge in [0.15, 0.2) is 0 Å². The minimum Gasteiger partial charge on any atom is -0.468 e. The minimum absolute atomic E-state index is 0.593. The second-order valence-corrected chi connectivity index (χ2v) is 5.39. The van der Waals surface area contributed by atoms with Crippen LogP contribution in [-0.4, -0.2) is 49.6 Å². The summed E-state index contributed by atoms with van der Waals surface area (Å²) in [6.07, 6.45) is 3.10. The van der Waals surface area contributed by atoms with Crippen molar-refractivity contribution in [2.24, 2.45) is 0 Å². The average Bonchev–Trinajstić information content (AvgIpc) is 2.69. The van der Waals surface area contributed by atoms with Crippen LogP contribution in [0.4, 0.5) is 0 Å². The van der Waals surface area contributed by atoms with Gasteiger partial charge in [-0.05, 0) is 40.1 Å². The van der Waals surface area contributed by atoms with E-state index in [1.165, 1.54) is 18.5 Å². The van der Waals surface area contributed by atoms with E-state index in [2.05, 4.69) is 35.2 Å². The number of furan rings is 1. The Balaban J connectivity index is 1.94. The summed E-state index contributed by atoms with van der Waals surface area (Å²) in [4.78, 5) is 4.94. The Kier molecular flexibility index (Phi) is 4.80. The molecule has 0 aromatic carbocycles. The zero-order valence-electron chi connectivity index (χ0n) is 11.8. The van der Waals surface area contributed by atoms with Gasteiger partial charge in [-0.3, -0.25) is 4.90 Å². The number of hydrogen-bond acceptors (Lipinski definition) is 4. The third-order valence-corrected chi connectivity index (χ3v) is 3.63. The predicted octanol–water partition coefficient (Wildman–Crippen LogP) is 1.52. The molecule has 2 rings (SSSR count). The van der Waals surface area contributed by atoms with Gasteiger partial charge in [0, 0.05) is 31.2 Å². The van der Waals surface area contributed by atoms with E-state index in [4.69, 9.17) is 4.42 Å². The van der Waals surface area contributed by atoms with E-state index in [1.807, 2.05) is 13.3 Å². The summed E-state index contributed by atoms with van der Waals surface area (Å²) < 4.78 is 5.64. The summed E-state index contributed by atoms with van der Waals surface area (Å²) in [5.41, 5.74) is 1.23. The maximum absolute atomic E-state index is 5.64. The van der Waals surface area contributed by atoms with Gasteiger partial charge in [0.05, 0.1) is 12.8 Å². The standard InChI is InChI=1S/C14H25N3O/c1-12-9-16(3)5-4-6-17(12)10-14-7-13(8-15-2)11-18-14/h7,11-12,15H,4-6,8-10H2,1-3H3. The molecule has 4 heteroatoms. The van der Waals surface area contributed by atoms with Crippen LogP contribution in [0.1, 0.15) is 24.7 Å². The lowest BCUT2D eigenvalue weighted by Gasteiger charge is -2.26. The summed E-state index contributed by atoms with van der Waals surface area (Å²) >= 11 is 0. The van der Waals surface area contributed by atoms with Crippen molar-refractivity contribution in [3.05, 3.63) is 23.7 Å². The maximum Gasteiger partial charge on any atom is 0.118 e. The first kappa shape index (κ1) is 13.6. The van der Waals surface area contributed by atoms with Crippen molar-refractivity contribution < 1.29 is 4.42 Å². The Morgan fingerprint density at radius 2 is 2.28 bits per heavy atom. The maximum atomic E-state index is 5.64. The third kappa shape index (κ3) is 3.57. The number of nitrogens with zero attached hydrogens (tertiary/aromatic N) is 2. The molecule has 1 fully saturated rings. The molecular weight excluding hydrogens is 226 g/mol. The lowest BCUT2D eigenvalue weighted by atomic mass is 10.2. The van der Waals surface area contributed by atoms with Crippen molar-refractivity contribution in [2.45, 2.75) is 32.5 Å². The molecule has 1 aromatic heterocycles. The first-order valence-electron chi connectivity index (χ1n) is 6.82. The molecule has 0 radical (unpaired) electrons. The molecule has 0 amide bonds. The second kappa shape index (κ2) is 6.36. The number of likely N-dealkylation sites (N-methyl/N-ethyl adjacent to an activating group) is 1. The van der Waals surface area contributed by atoms with Crippen LogP contribution in [0, 0.1) is 0 Å². The van der Waals surface area contributed by atoms with E-state index < -0.39 is 0 Å². The monoisotopic (exact) mass is 251 g/mol. The fraction of sp³-hybridized carbons (Fsp3) is 0.714. The van der Waals surface area contributed by atoms with Crippen molar-refractivity contribution in [3.8, 4) is 0 Å². The highest BCUT2D eigenvalue weighted by Gasteiger charge is 2.20. The van der Waals surface area contributed by atoms with Gasteiger partial charge in [-0.15, -0.1) is 0 Å². The summed E-state index contributed by atoms with van der Waals surface area (Å²) in [6, 6.07) is 2.76. The van der Waals surface area contributed by atoms with Crippen LogP contribution >= 0.6 is 0 Å². The molecule has 0 saturated carbocycles. The molecule has 2 heterocycles. The molecule has 1 aromatic rings. The molecule has 1 atom stereocenters. The molecule has 0 spiro atoms. The molecular formula is C14H25N3O. The zero-order valence-corrected chi connectivity index (χ0v) is 11.8. The van der Waals surface area contributed by atoms with Gasteiger partial charge in [-0.1, -0.05) is 0 Å². The highest BCUT2D eigenvalue weighted by atomic mass is 16.3. The van der Waals surface area contributed by atoms with Crippen LogP contribution in [-0.2, 0) is 13.1 Å². The van der Waals surface area contributed by atoms with Crippen LogP contribution in [0.15, 0.2) is 16.7 Å². The highest BCUT2D eigenvalue weighted by molar-refractivity contribution is 5.12. The molecule has 1 aliphatic rings. The fourth-order valence-electron chi connectivity index (χ4n) is 2.66. The molecule has 1 saturated heterocycles. The van der Waals surface area contributed by atoms with E-state index in [0.29, 0.717) is 6.04 Å². The van der Waals surface area contributed by atoms with Crippen molar-refractivity contribution in [2.75, 3.05) is 33.7 Å². The molecule has 102 valence electrons. The molecule has 1 N–H and O–H groups in total. The van der Waals surface area contributed by atoms with Gasteiger partial charge in [-0.25, -0.2) is 0 Å². The smallest absolute Gasteiger partial charge is 0.118 e. The van der Waals surface area contributed by atoms with Crippen LogP contribution in [0.2, 0.25) is 0 Å². The van der Waals surface area contributed by atoms with Gasteiger partial charge in [-0.2, -0.15) is 0 Å². The van der Waals surface area contributed by atoms with Gasteiger partial charge in [0.25, 0.3) is 0 Å². The van der Waals surface area contributed by atoms with E-state index in [-0.39, 0.29) is 0 Å². The SMILES string of the molecule is CNCc1coc(CN2CCCN(C)CC2C)c1. The number of rotatable bonds is 4. The molecule has 1 aliphatic heterocycles. The van der Waals surface area contributed by atoms with Crippen molar-refractivity contribution >= 4 is 0 Å². The highest BCUT2D eigenvalue weighted by Crippen LogP contribution is 2.15. The van der Waals surface area contributed by atoms with Crippen LogP contribution < -0.4 is 5.32 Å². The Hall–Kier alpha value is -0.840. The molecule has 4 nitrogen and oxygen atoms in total. The summed E-state index contributed by atoms with van der Waals surface area (Å²) in [7, 11) is 4.16. The molecule has 18 heavy (non-hydrogen) atoms. The predicted molar refractivity (Wildman–Crippen MR) is 73.5 cm³/mol. The zero-order chi connectivity index (χ0) is 13.0. The molecule has 0 aliphatic carbocycles. The quantitative estimate of drug-likeness (QED) is 0.879. The van der Waals surface area contributed by atoms with Crippen LogP contribution in [0.3, 0.4) is 0 Å². The van der Waals surface area contributed by atoms with E-state index in [0.717, 1.165) is 31.9 Å². The van der Waals surface area contributed by atoms with Gasteiger partial charge in [0.2, 0.25) is 0 Å². The summed E-state index contributed by atoms with van der Waals surface area (Å²) in [5, 5.41) is 3.15. The van der Waals surface area contributed by atoms with Gasteiger partial charge < -0.3 is 14.6 Å². The lowest BCUT2D eigenvalue weighted by Crippen LogP contribution is -2.37. The summed E-state index contributed by atoms with van der Waals surface area (Å²) in [5.74, 6) is 1.08.